The van der Waals surface area contributed by atoms with E-state index >= 15 is 0 Å². The monoisotopic (exact) mass is 1080 g/mol. The van der Waals surface area contributed by atoms with Crippen LogP contribution in [0.5, 0.6) is 0 Å². The number of benzene rings is 9. The Balaban J connectivity index is 0.958. The van der Waals surface area contributed by atoms with Gasteiger partial charge in [-0.15, -0.1) is 11.3 Å². The van der Waals surface area contributed by atoms with Crippen molar-refractivity contribution in [3.05, 3.63) is 208 Å². The van der Waals surface area contributed by atoms with Crippen LogP contribution in [0.25, 0.3) is 31.3 Å². The first-order chi connectivity index (χ1) is 39.7. The standard InChI is InChI=1S/C76H71BN4S/c1-45-36-48(4)69-64(38-45)80(75(8)34-16-14-32-73(69,75)6)51-28-30-58-62(43-51)78(60-25-18-23-54-53-21-11-10-20-50(53)42-57(54)60)66-40-47(3)41-67-71(66)77(58)59-31-29-52(81-65-39-46(2)37-49(5)70(65)74(7)33-15-17-35-76(74,81)9)44-63(59)79(67)61-26-19-24-56-55-22-12-13-27-68(55)82-72(56)61/h10-13,18-31,36-41,43-44H,14-17,32-35,42H2,1-9H3. The highest BCUT2D eigenvalue weighted by Crippen LogP contribution is 2.64. The van der Waals surface area contributed by atoms with Gasteiger partial charge in [-0.2, -0.15) is 0 Å². The molecule has 3 aliphatic carbocycles. The van der Waals surface area contributed by atoms with Crippen molar-refractivity contribution in [2.45, 2.75) is 142 Å². The first kappa shape index (κ1) is 49.1. The summed E-state index contributed by atoms with van der Waals surface area (Å²) in [5, 5.41) is 2.64. The molecule has 9 aromatic carbocycles. The second kappa shape index (κ2) is 16.8. The highest BCUT2D eigenvalue weighted by Gasteiger charge is 2.60. The molecule has 4 unspecified atom stereocenters. The maximum absolute atomic E-state index is 2.83. The zero-order chi connectivity index (χ0) is 55.5. The third kappa shape index (κ3) is 6.19. The molecule has 17 rings (SSSR count). The zero-order valence-corrected chi connectivity index (χ0v) is 50.0. The van der Waals surface area contributed by atoms with Gasteiger partial charge in [0.2, 0.25) is 0 Å². The van der Waals surface area contributed by atoms with Gasteiger partial charge in [-0.25, -0.2) is 0 Å². The Morgan fingerprint density at radius 3 is 1.56 bits per heavy atom. The number of nitrogens with zero attached hydrogens (tertiary/aromatic N) is 4. The minimum Gasteiger partial charge on any atom is -0.334 e. The summed E-state index contributed by atoms with van der Waals surface area (Å²) in [5.74, 6) is 0. The van der Waals surface area contributed by atoms with Crippen LogP contribution < -0.4 is 36.0 Å². The molecule has 4 nitrogen and oxygen atoms in total. The lowest BCUT2D eigenvalue weighted by atomic mass is 9.33. The molecule has 7 aliphatic rings. The van der Waals surface area contributed by atoms with Crippen molar-refractivity contribution in [2.24, 2.45) is 0 Å². The van der Waals surface area contributed by atoms with Gasteiger partial charge in [0.05, 0.1) is 27.2 Å². The number of thiophene rings is 1. The van der Waals surface area contributed by atoms with Crippen LogP contribution >= 0.6 is 11.3 Å². The van der Waals surface area contributed by atoms with Crippen LogP contribution in [0.1, 0.15) is 129 Å². The summed E-state index contributed by atoms with van der Waals surface area (Å²) in [5.41, 5.74) is 32.4. The topological polar surface area (TPSA) is 13.0 Å². The van der Waals surface area contributed by atoms with E-state index in [1.54, 1.807) is 11.1 Å². The van der Waals surface area contributed by atoms with E-state index in [0.29, 0.717) is 0 Å². The smallest absolute Gasteiger partial charge is 0.252 e. The molecule has 6 heteroatoms. The first-order valence-corrected chi connectivity index (χ1v) is 31.5. The molecule has 0 radical (unpaired) electrons. The minimum atomic E-state index is -0.0900. The molecule has 4 aliphatic heterocycles. The van der Waals surface area contributed by atoms with E-state index in [1.165, 1.54) is 182 Å². The lowest BCUT2D eigenvalue weighted by molar-refractivity contribution is 0.194. The van der Waals surface area contributed by atoms with Crippen molar-refractivity contribution in [2.75, 3.05) is 19.6 Å². The molecule has 10 aromatic rings. The fourth-order valence-electron chi connectivity index (χ4n) is 18.7. The summed E-state index contributed by atoms with van der Waals surface area (Å²) in [6.45, 7) is 22.1. The highest BCUT2D eigenvalue weighted by molar-refractivity contribution is 7.26. The molecular formula is C76H71BN4S. The van der Waals surface area contributed by atoms with Gasteiger partial charge in [-0.05, 0) is 218 Å². The van der Waals surface area contributed by atoms with E-state index in [4.69, 9.17) is 0 Å². The summed E-state index contributed by atoms with van der Waals surface area (Å²) in [7, 11) is 0. The van der Waals surface area contributed by atoms with Gasteiger partial charge in [0.25, 0.3) is 6.71 Å². The number of rotatable bonds is 4. The fraction of sp³-hybridized carbons (Fsp3) is 0.289. The van der Waals surface area contributed by atoms with E-state index in [0.717, 1.165) is 19.3 Å². The second-order valence-electron chi connectivity index (χ2n) is 26.9. The van der Waals surface area contributed by atoms with E-state index in [2.05, 4.69) is 240 Å². The van der Waals surface area contributed by atoms with Crippen molar-refractivity contribution in [1.29, 1.82) is 0 Å². The third-order valence-electron chi connectivity index (χ3n) is 22.4. The molecule has 2 fully saturated rings. The van der Waals surface area contributed by atoms with Crippen molar-refractivity contribution in [3.63, 3.8) is 0 Å². The molecule has 2 saturated carbocycles. The second-order valence-corrected chi connectivity index (χ2v) is 28.0. The lowest BCUT2D eigenvalue weighted by Gasteiger charge is -2.51. The van der Waals surface area contributed by atoms with Crippen LogP contribution in [0, 0.1) is 34.6 Å². The molecule has 0 saturated heterocycles. The summed E-state index contributed by atoms with van der Waals surface area (Å²) >= 11 is 1.94. The van der Waals surface area contributed by atoms with Crippen molar-refractivity contribution in [3.8, 4) is 11.1 Å². The Bertz CT molecular complexity index is 4470. The maximum Gasteiger partial charge on any atom is 0.252 e. The molecule has 82 heavy (non-hydrogen) atoms. The molecule has 0 spiro atoms. The number of hydrogen-bond donors (Lipinski definition) is 0. The molecule has 1 aromatic heterocycles. The van der Waals surface area contributed by atoms with Crippen LogP contribution in [0.2, 0.25) is 0 Å². The number of fused-ring (bicyclic) bond motifs is 16. The van der Waals surface area contributed by atoms with Crippen LogP contribution in [0.3, 0.4) is 0 Å². The van der Waals surface area contributed by atoms with Gasteiger partial charge in [0.15, 0.2) is 0 Å². The molecule has 0 bridgehead atoms. The van der Waals surface area contributed by atoms with Gasteiger partial charge in [-0.1, -0.05) is 131 Å². The summed E-state index contributed by atoms with van der Waals surface area (Å²) in [6.07, 6.45) is 10.6. The van der Waals surface area contributed by atoms with Crippen LogP contribution in [-0.4, -0.2) is 17.8 Å². The Morgan fingerprint density at radius 1 is 0.427 bits per heavy atom. The van der Waals surface area contributed by atoms with Gasteiger partial charge in [-0.3, -0.25) is 0 Å². The minimum absolute atomic E-state index is 0.0249. The van der Waals surface area contributed by atoms with Gasteiger partial charge in [0, 0.05) is 78.2 Å². The SMILES string of the molecule is Cc1cc2c3c(c1)N(c1cccc4c1sc1ccccc14)c1cc(N4c5cc(C)cc(C)c5C5(C)CCCCC45C)ccc1B3c1ccc(N3c4cc(C)cc(C)c4C4(C)CCCCC34C)cc1N2c1cccc2c1Cc1ccccc1-2. The highest BCUT2D eigenvalue weighted by atomic mass is 32.1. The Morgan fingerprint density at radius 2 is 0.927 bits per heavy atom. The summed E-state index contributed by atoms with van der Waals surface area (Å²) in [4.78, 5) is 11.1. The van der Waals surface area contributed by atoms with Crippen molar-refractivity contribution >= 4 is 111 Å². The molecule has 404 valence electrons. The fourth-order valence-corrected chi connectivity index (χ4v) is 19.9. The third-order valence-corrected chi connectivity index (χ3v) is 23.6. The normalized spacial score (nSPS) is 23.3. The first-order valence-electron chi connectivity index (χ1n) is 30.7. The number of hydrogen-bond acceptors (Lipinski definition) is 5. The average Bonchev–Trinajstić information content (AvgIpc) is 2.03. The Kier molecular flexibility index (Phi) is 10.1. The summed E-state index contributed by atoms with van der Waals surface area (Å²) in [6, 6.07) is 62.8. The number of aryl methyl sites for hydroxylation is 5. The van der Waals surface area contributed by atoms with Crippen molar-refractivity contribution < 1.29 is 0 Å². The lowest BCUT2D eigenvalue weighted by Crippen LogP contribution is -2.61. The average molecular weight is 1080 g/mol. The molecule has 0 amide bonds. The maximum atomic E-state index is 2.83. The molecule has 5 heterocycles. The Labute approximate surface area is 489 Å². The van der Waals surface area contributed by atoms with E-state index < -0.39 is 0 Å². The van der Waals surface area contributed by atoms with Crippen molar-refractivity contribution in [1.82, 2.24) is 0 Å². The van der Waals surface area contributed by atoms with E-state index in [-0.39, 0.29) is 28.6 Å². The number of anilines is 10. The predicted octanol–water partition coefficient (Wildman–Crippen LogP) is 18.7. The molecule has 4 atom stereocenters. The molecule has 0 N–H and O–H groups in total. The van der Waals surface area contributed by atoms with Gasteiger partial charge in [0.1, 0.15) is 0 Å². The quantitative estimate of drug-likeness (QED) is 0.163. The zero-order valence-electron chi connectivity index (χ0n) is 49.1. The Hall–Kier alpha value is -7.54. The van der Waals surface area contributed by atoms with Crippen LogP contribution in [0.4, 0.5) is 56.9 Å². The largest absolute Gasteiger partial charge is 0.334 e. The van der Waals surface area contributed by atoms with E-state index in [1.807, 2.05) is 11.3 Å². The summed E-state index contributed by atoms with van der Waals surface area (Å²) < 4.78 is 2.65. The predicted molar refractivity (Wildman–Crippen MR) is 351 cm³/mol. The van der Waals surface area contributed by atoms with E-state index in [9.17, 15) is 0 Å². The van der Waals surface area contributed by atoms with Gasteiger partial charge < -0.3 is 19.6 Å². The van der Waals surface area contributed by atoms with Gasteiger partial charge >= 0.3 is 0 Å². The molecular weight excluding hydrogens is 1010 g/mol. The van der Waals surface area contributed by atoms with Crippen LogP contribution in [-0.2, 0) is 17.3 Å². The van der Waals surface area contributed by atoms with Crippen LogP contribution in [0.15, 0.2) is 158 Å².